The molecule has 1 aliphatic heterocycles. The third-order valence-electron chi connectivity index (χ3n) is 3.24. The minimum Gasteiger partial charge on any atom is -0.314 e. The molecular formula is C12H17BrClFN2O2S. The lowest BCUT2D eigenvalue weighted by molar-refractivity contribution is 0.283. The molecule has 1 aliphatic rings. The number of benzene rings is 1. The smallest absolute Gasteiger partial charge is 0.243 e. The van der Waals surface area contributed by atoms with Crippen LogP contribution in [0.4, 0.5) is 4.39 Å². The third kappa shape index (κ3) is 3.33. The number of piperazine rings is 1. The fraction of sp³-hybridized carbons (Fsp3) is 0.500. The fourth-order valence-corrected chi connectivity index (χ4v) is 4.57. The molecule has 1 aromatic carbocycles. The zero-order chi connectivity index (χ0) is 14.2. The van der Waals surface area contributed by atoms with E-state index < -0.39 is 15.8 Å². The Kier molecular flexibility index (Phi) is 5.98. The molecule has 0 saturated carbocycles. The normalized spacial score (nSPS) is 20.5. The van der Waals surface area contributed by atoms with Gasteiger partial charge in [-0.2, -0.15) is 4.31 Å². The van der Waals surface area contributed by atoms with Gasteiger partial charge in [0, 0.05) is 25.7 Å². The van der Waals surface area contributed by atoms with Crippen LogP contribution in [0.3, 0.4) is 0 Å². The van der Waals surface area contributed by atoms with E-state index in [-0.39, 0.29) is 27.8 Å². The molecule has 0 radical (unpaired) electrons. The van der Waals surface area contributed by atoms with Gasteiger partial charge >= 0.3 is 0 Å². The topological polar surface area (TPSA) is 49.4 Å². The molecule has 1 saturated heterocycles. The summed E-state index contributed by atoms with van der Waals surface area (Å²) in [7, 11) is -3.58. The van der Waals surface area contributed by atoms with Crippen LogP contribution in [0.1, 0.15) is 12.5 Å². The third-order valence-corrected chi connectivity index (χ3v) is 6.01. The highest BCUT2D eigenvalue weighted by atomic mass is 79.9. The van der Waals surface area contributed by atoms with Gasteiger partial charge in [0.1, 0.15) is 5.82 Å². The molecule has 1 unspecified atom stereocenters. The first kappa shape index (κ1) is 17.8. The van der Waals surface area contributed by atoms with Crippen LogP contribution in [0.5, 0.6) is 0 Å². The SMILES string of the molecule is Cc1cc(F)c(Br)cc1S(=O)(=O)N1CCNCC1C.Cl. The van der Waals surface area contributed by atoms with Gasteiger partial charge < -0.3 is 5.32 Å². The van der Waals surface area contributed by atoms with Crippen molar-refractivity contribution in [3.8, 4) is 0 Å². The van der Waals surface area contributed by atoms with Crippen molar-refractivity contribution in [2.24, 2.45) is 0 Å². The second-order valence-corrected chi connectivity index (χ2v) is 7.41. The number of halogens is 3. The second-order valence-electron chi connectivity index (χ2n) is 4.70. The Morgan fingerprint density at radius 2 is 2.10 bits per heavy atom. The largest absolute Gasteiger partial charge is 0.314 e. The first-order valence-corrected chi connectivity index (χ1v) is 8.25. The Morgan fingerprint density at radius 1 is 1.45 bits per heavy atom. The summed E-state index contributed by atoms with van der Waals surface area (Å²) in [5.74, 6) is -0.454. The summed E-state index contributed by atoms with van der Waals surface area (Å²) in [4.78, 5) is 0.162. The van der Waals surface area contributed by atoms with Gasteiger partial charge in [-0.15, -0.1) is 12.4 Å². The van der Waals surface area contributed by atoms with Crippen LogP contribution in [0.2, 0.25) is 0 Å². The summed E-state index contributed by atoms with van der Waals surface area (Å²) in [6.45, 7) is 5.15. The summed E-state index contributed by atoms with van der Waals surface area (Å²) in [5.41, 5.74) is 0.423. The van der Waals surface area contributed by atoms with E-state index in [4.69, 9.17) is 0 Å². The van der Waals surface area contributed by atoms with Gasteiger partial charge in [-0.1, -0.05) is 0 Å². The number of nitrogens with zero attached hydrogens (tertiary/aromatic N) is 1. The molecule has 20 heavy (non-hydrogen) atoms. The first-order valence-electron chi connectivity index (χ1n) is 6.02. The van der Waals surface area contributed by atoms with E-state index in [9.17, 15) is 12.8 Å². The molecule has 0 spiro atoms. The van der Waals surface area contributed by atoms with Crippen LogP contribution < -0.4 is 5.32 Å². The zero-order valence-corrected chi connectivity index (χ0v) is 14.4. The lowest BCUT2D eigenvalue weighted by Gasteiger charge is -2.33. The minimum absolute atomic E-state index is 0. The molecule has 1 aromatic rings. The van der Waals surface area contributed by atoms with Gasteiger partial charge in [0.05, 0.1) is 9.37 Å². The maximum Gasteiger partial charge on any atom is 0.243 e. The van der Waals surface area contributed by atoms with E-state index in [0.29, 0.717) is 25.2 Å². The van der Waals surface area contributed by atoms with Crippen LogP contribution in [0, 0.1) is 12.7 Å². The molecule has 0 aliphatic carbocycles. The van der Waals surface area contributed by atoms with E-state index in [0.717, 1.165) is 0 Å². The number of sulfonamides is 1. The summed E-state index contributed by atoms with van der Waals surface area (Å²) in [6, 6.07) is 2.47. The van der Waals surface area contributed by atoms with Gasteiger partial charge in [-0.3, -0.25) is 0 Å². The highest BCUT2D eigenvalue weighted by Crippen LogP contribution is 2.27. The standard InChI is InChI=1S/C12H16BrFN2O2S.ClH/c1-8-5-11(14)10(13)6-12(8)19(17,18)16-4-3-15-7-9(16)2;/h5-6,9,15H,3-4,7H2,1-2H3;1H. The van der Waals surface area contributed by atoms with Crippen molar-refractivity contribution < 1.29 is 12.8 Å². The lowest BCUT2D eigenvalue weighted by atomic mass is 10.2. The maximum atomic E-state index is 13.4. The molecule has 0 bridgehead atoms. The maximum absolute atomic E-state index is 13.4. The van der Waals surface area contributed by atoms with Crippen molar-refractivity contribution in [2.45, 2.75) is 24.8 Å². The van der Waals surface area contributed by atoms with Crippen LogP contribution in [0.25, 0.3) is 0 Å². The van der Waals surface area contributed by atoms with Crippen LogP contribution in [-0.4, -0.2) is 38.4 Å². The van der Waals surface area contributed by atoms with Gasteiger partial charge in [-0.25, -0.2) is 12.8 Å². The van der Waals surface area contributed by atoms with Crippen molar-refractivity contribution in [1.82, 2.24) is 9.62 Å². The minimum atomic E-state index is -3.58. The lowest BCUT2D eigenvalue weighted by Crippen LogP contribution is -2.52. The second kappa shape index (κ2) is 6.70. The molecule has 1 heterocycles. The summed E-state index contributed by atoms with van der Waals surface area (Å²) < 4.78 is 40.3. The van der Waals surface area contributed by atoms with Crippen molar-refractivity contribution >= 4 is 38.4 Å². The van der Waals surface area contributed by atoms with E-state index in [1.54, 1.807) is 6.92 Å². The van der Waals surface area contributed by atoms with Gasteiger partial charge in [-0.05, 0) is 47.5 Å². The molecule has 1 N–H and O–H groups in total. The van der Waals surface area contributed by atoms with Crippen molar-refractivity contribution in [3.63, 3.8) is 0 Å². The molecule has 0 aromatic heterocycles. The average Bonchev–Trinajstić information content (AvgIpc) is 2.34. The van der Waals surface area contributed by atoms with Crippen molar-refractivity contribution in [3.05, 3.63) is 28.0 Å². The molecular weight excluding hydrogens is 371 g/mol. The predicted octanol–water partition coefficient (Wildman–Crippen LogP) is 2.30. The van der Waals surface area contributed by atoms with E-state index in [1.807, 2.05) is 6.92 Å². The molecule has 114 valence electrons. The predicted molar refractivity (Wildman–Crippen MR) is 82.3 cm³/mol. The molecule has 0 amide bonds. The van der Waals surface area contributed by atoms with Crippen LogP contribution in [-0.2, 0) is 10.0 Å². The first-order chi connectivity index (χ1) is 8.84. The van der Waals surface area contributed by atoms with E-state index >= 15 is 0 Å². The number of aryl methyl sites for hydroxylation is 1. The van der Waals surface area contributed by atoms with Gasteiger partial charge in [0.15, 0.2) is 0 Å². The Hall–Kier alpha value is -0.210. The Morgan fingerprint density at radius 3 is 2.70 bits per heavy atom. The Balaban J connectivity index is 0.00000200. The molecule has 4 nitrogen and oxygen atoms in total. The van der Waals surface area contributed by atoms with Crippen molar-refractivity contribution in [1.29, 1.82) is 0 Å². The molecule has 8 heteroatoms. The molecule has 1 fully saturated rings. The summed E-state index contributed by atoms with van der Waals surface area (Å²) in [5, 5.41) is 3.15. The number of hydrogen-bond donors (Lipinski definition) is 1. The highest BCUT2D eigenvalue weighted by Gasteiger charge is 2.32. The Labute approximate surface area is 133 Å². The van der Waals surface area contributed by atoms with Crippen LogP contribution >= 0.6 is 28.3 Å². The summed E-state index contributed by atoms with van der Waals surface area (Å²) >= 11 is 3.04. The van der Waals surface area contributed by atoms with Crippen molar-refractivity contribution in [2.75, 3.05) is 19.6 Å². The zero-order valence-electron chi connectivity index (χ0n) is 11.2. The Bertz CT molecular complexity index is 597. The number of hydrogen-bond acceptors (Lipinski definition) is 3. The summed E-state index contributed by atoms with van der Waals surface area (Å²) in [6.07, 6.45) is 0. The van der Waals surface area contributed by atoms with E-state index in [2.05, 4.69) is 21.2 Å². The van der Waals surface area contributed by atoms with Gasteiger partial charge in [0.2, 0.25) is 10.0 Å². The average molecular weight is 388 g/mol. The molecule has 1 atom stereocenters. The highest BCUT2D eigenvalue weighted by molar-refractivity contribution is 9.10. The monoisotopic (exact) mass is 386 g/mol. The van der Waals surface area contributed by atoms with Crippen LogP contribution in [0.15, 0.2) is 21.5 Å². The fourth-order valence-electron chi connectivity index (χ4n) is 2.21. The number of nitrogens with one attached hydrogen (secondary N) is 1. The quantitative estimate of drug-likeness (QED) is 0.847. The van der Waals surface area contributed by atoms with Gasteiger partial charge in [0.25, 0.3) is 0 Å². The van der Waals surface area contributed by atoms with E-state index in [1.165, 1.54) is 16.4 Å². The molecule has 2 rings (SSSR count). The number of rotatable bonds is 2.